The predicted molar refractivity (Wildman–Crippen MR) is 61.5 cm³/mol. The molecule has 0 bridgehead atoms. The van der Waals surface area contributed by atoms with Crippen molar-refractivity contribution in [2.75, 3.05) is 13.1 Å². The summed E-state index contributed by atoms with van der Waals surface area (Å²) in [5, 5.41) is 13.3. The van der Waals surface area contributed by atoms with E-state index in [1.165, 1.54) is 38.5 Å². The minimum atomic E-state index is -0.120. The minimum Gasteiger partial charge on any atom is -0.392 e. The van der Waals surface area contributed by atoms with Crippen molar-refractivity contribution < 1.29 is 5.11 Å². The summed E-state index contributed by atoms with van der Waals surface area (Å²) >= 11 is 0. The molecule has 0 saturated heterocycles. The highest BCUT2D eigenvalue weighted by Gasteiger charge is 2.31. The lowest BCUT2D eigenvalue weighted by Gasteiger charge is -2.32. The number of nitrogens with two attached hydrogens (primary N) is 1. The molecule has 0 heterocycles. The van der Waals surface area contributed by atoms with Crippen LogP contribution in [0.2, 0.25) is 0 Å². The average molecular weight is 212 g/mol. The van der Waals surface area contributed by atoms with Gasteiger partial charge < -0.3 is 16.2 Å². The Morgan fingerprint density at radius 3 is 2.60 bits per heavy atom. The van der Waals surface area contributed by atoms with Crippen LogP contribution in [0.5, 0.6) is 0 Å². The maximum atomic E-state index is 9.78. The first-order valence-corrected chi connectivity index (χ1v) is 6.42. The summed E-state index contributed by atoms with van der Waals surface area (Å²) in [7, 11) is 0. The summed E-state index contributed by atoms with van der Waals surface area (Å²) in [6, 6.07) is 0.553. The monoisotopic (exact) mass is 212 g/mol. The standard InChI is InChI=1S/C12H24N2O/c13-7-10-3-1-2-4-11(10)14-8-12(15)9-5-6-9/h9-12,14-15H,1-8,13H2. The van der Waals surface area contributed by atoms with Gasteiger partial charge in [-0.1, -0.05) is 12.8 Å². The number of aliphatic hydroxyl groups is 1. The molecule has 4 N–H and O–H groups in total. The Morgan fingerprint density at radius 2 is 1.93 bits per heavy atom. The van der Waals surface area contributed by atoms with Crippen molar-refractivity contribution in [2.24, 2.45) is 17.6 Å². The molecule has 2 rings (SSSR count). The zero-order valence-electron chi connectivity index (χ0n) is 9.49. The van der Waals surface area contributed by atoms with E-state index in [0.29, 0.717) is 17.9 Å². The summed E-state index contributed by atoms with van der Waals surface area (Å²) < 4.78 is 0. The Hall–Kier alpha value is -0.120. The first-order valence-electron chi connectivity index (χ1n) is 6.42. The molecule has 3 atom stereocenters. The summed E-state index contributed by atoms with van der Waals surface area (Å²) in [6.07, 6.45) is 7.44. The lowest BCUT2D eigenvalue weighted by atomic mass is 9.84. The molecule has 0 radical (unpaired) electrons. The Bertz CT molecular complexity index is 194. The van der Waals surface area contributed by atoms with Gasteiger partial charge in [0.15, 0.2) is 0 Å². The predicted octanol–water partition coefficient (Wildman–Crippen LogP) is 0.864. The smallest absolute Gasteiger partial charge is 0.0692 e. The van der Waals surface area contributed by atoms with Gasteiger partial charge in [-0.3, -0.25) is 0 Å². The van der Waals surface area contributed by atoms with Crippen LogP contribution in [0.3, 0.4) is 0 Å². The maximum Gasteiger partial charge on any atom is 0.0692 e. The number of hydrogen-bond donors (Lipinski definition) is 3. The van der Waals surface area contributed by atoms with Crippen molar-refractivity contribution in [2.45, 2.75) is 50.7 Å². The summed E-state index contributed by atoms with van der Waals surface area (Å²) in [5.74, 6) is 1.21. The molecule has 3 heteroatoms. The molecule has 2 aliphatic carbocycles. The van der Waals surface area contributed by atoms with Crippen LogP contribution in [0, 0.1) is 11.8 Å². The van der Waals surface area contributed by atoms with Crippen LogP contribution in [-0.2, 0) is 0 Å². The topological polar surface area (TPSA) is 58.3 Å². The van der Waals surface area contributed by atoms with Gasteiger partial charge in [-0.15, -0.1) is 0 Å². The highest BCUT2D eigenvalue weighted by Crippen LogP contribution is 2.32. The van der Waals surface area contributed by atoms with E-state index >= 15 is 0 Å². The van der Waals surface area contributed by atoms with E-state index in [9.17, 15) is 5.11 Å². The van der Waals surface area contributed by atoms with Crippen molar-refractivity contribution in [3.63, 3.8) is 0 Å². The SMILES string of the molecule is NCC1CCCCC1NCC(O)C1CC1. The van der Waals surface area contributed by atoms with E-state index in [1.807, 2.05) is 0 Å². The molecule has 2 aliphatic rings. The lowest BCUT2D eigenvalue weighted by Crippen LogP contribution is -2.45. The Balaban J connectivity index is 1.71. The number of hydrogen-bond acceptors (Lipinski definition) is 3. The normalized spacial score (nSPS) is 34.0. The van der Waals surface area contributed by atoms with E-state index in [0.717, 1.165) is 13.1 Å². The summed E-state index contributed by atoms with van der Waals surface area (Å²) in [5.41, 5.74) is 5.77. The molecule has 3 unspecified atom stereocenters. The van der Waals surface area contributed by atoms with Crippen LogP contribution in [0.25, 0.3) is 0 Å². The van der Waals surface area contributed by atoms with E-state index in [-0.39, 0.29) is 6.10 Å². The van der Waals surface area contributed by atoms with Crippen LogP contribution < -0.4 is 11.1 Å². The Kier molecular flexibility index (Phi) is 4.00. The second kappa shape index (κ2) is 5.28. The first kappa shape index (κ1) is 11.4. The molecule has 0 aromatic rings. The van der Waals surface area contributed by atoms with Crippen LogP contribution >= 0.6 is 0 Å². The second-order valence-electron chi connectivity index (χ2n) is 5.20. The van der Waals surface area contributed by atoms with Crippen molar-refractivity contribution in [3.05, 3.63) is 0 Å². The second-order valence-corrected chi connectivity index (χ2v) is 5.20. The van der Waals surface area contributed by atoms with Gasteiger partial charge in [0.05, 0.1) is 6.10 Å². The van der Waals surface area contributed by atoms with E-state index in [4.69, 9.17) is 5.73 Å². The van der Waals surface area contributed by atoms with Gasteiger partial charge in [0.25, 0.3) is 0 Å². The molecular formula is C12H24N2O. The molecule has 15 heavy (non-hydrogen) atoms. The Labute approximate surface area is 92.4 Å². The zero-order valence-corrected chi connectivity index (χ0v) is 9.49. The lowest BCUT2D eigenvalue weighted by molar-refractivity contribution is 0.134. The molecule has 0 aromatic heterocycles. The van der Waals surface area contributed by atoms with Gasteiger partial charge in [-0.2, -0.15) is 0 Å². The van der Waals surface area contributed by atoms with Gasteiger partial charge in [0.2, 0.25) is 0 Å². The molecular weight excluding hydrogens is 188 g/mol. The fourth-order valence-corrected chi connectivity index (χ4v) is 2.68. The third-order valence-corrected chi connectivity index (χ3v) is 3.97. The van der Waals surface area contributed by atoms with Crippen LogP contribution in [0.15, 0.2) is 0 Å². The number of nitrogens with one attached hydrogen (secondary N) is 1. The molecule has 3 nitrogen and oxygen atoms in total. The van der Waals surface area contributed by atoms with Crippen molar-refractivity contribution in [1.82, 2.24) is 5.32 Å². The summed E-state index contributed by atoms with van der Waals surface area (Å²) in [4.78, 5) is 0. The molecule has 2 fully saturated rings. The van der Waals surface area contributed by atoms with E-state index < -0.39 is 0 Å². The third-order valence-electron chi connectivity index (χ3n) is 3.97. The van der Waals surface area contributed by atoms with Gasteiger partial charge in [0.1, 0.15) is 0 Å². The van der Waals surface area contributed by atoms with Gasteiger partial charge >= 0.3 is 0 Å². The van der Waals surface area contributed by atoms with Crippen LogP contribution in [0.4, 0.5) is 0 Å². The highest BCUT2D eigenvalue weighted by atomic mass is 16.3. The molecule has 0 aliphatic heterocycles. The number of rotatable bonds is 5. The van der Waals surface area contributed by atoms with E-state index in [1.54, 1.807) is 0 Å². The molecule has 88 valence electrons. The minimum absolute atomic E-state index is 0.120. The summed E-state index contributed by atoms with van der Waals surface area (Å²) in [6.45, 7) is 1.56. The van der Waals surface area contributed by atoms with Crippen LogP contribution in [0.1, 0.15) is 38.5 Å². The van der Waals surface area contributed by atoms with Crippen molar-refractivity contribution >= 4 is 0 Å². The van der Waals surface area contributed by atoms with Crippen LogP contribution in [-0.4, -0.2) is 30.3 Å². The zero-order chi connectivity index (χ0) is 10.7. The largest absolute Gasteiger partial charge is 0.392 e. The van der Waals surface area contributed by atoms with Gasteiger partial charge in [0, 0.05) is 12.6 Å². The van der Waals surface area contributed by atoms with Crippen molar-refractivity contribution in [1.29, 1.82) is 0 Å². The first-order chi connectivity index (χ1) is 7.31. The Morgan fingerprint density at radius 1 is 1.20 bits per heavy atom. The van der Waals surface area contributed by atoms with E-state index in [2.05, 4.69) is 5.32 Å². The maximum absolute atomic E-state index is 9.78. The fourth-order valence-electron chi connectivity index (χ4n) is 2.68. The fraction of sp³-hybridized carbons (Fsp3) is 1.00. The third kappa shape index (κ3) is 3.16. The molecule has 0 spiro atoms. The number of aliphatic hydroxyl groups excluding tert-OH is 1. The average Bonchev–Trinajstić information content (AvgIpc) is 3.10. The van der Waals surface area contributed by atoms with Gasteiger partial charge in [-0.05, 0) is 44.1 Å². The molecule has 0 amide bonds. The quantitative estimate of drug-likeness (QED) is 0.633. The van der Waals surface area contributed by atoms with Gasteiger partial charge in [-0.25, -0.2) is 0 Å². The highest BCUT2D eigenvalue weighted by molar-refractivity contribution is 4.86. The molecule has 0 aromatic carbocycles. The molecule has 2 saturated carbocycles. The van der Waals surface area contributed by atoms with Crippen molar-refractivity contribution in [3.8, 4) is 0 Å².